The molecule has 2 nitrogen and oxygen atoms in total. The van der Waals surface area contributed by atoms with Crippen molar-refractivity contribution in [1.29, 1.82) is 0 Å². The zero-order chi connectivity index (χ0) is 17.4. The molecule has 2 heteroatoms. The predicted molar refractivity (Wildman–Crippen MR) is 102 cm³/mol. The molecule has 4 aliphatic carbocycles. The van der Waals surface area contributed by atoms with E-state index in [4.69, 9.17) is 0 Å². The molecule has 0 aromatic heterocycles. The van der Waals surface area contributed by atoms with Crippen LogP contribution in [0.4, 0.5) is 0 Å². The molecule has 0 aromatic rings. The molecule has 0 spiro atoms. The second-order valence-corrected chi connectivity index (χ2v) is 8.58. The molecule has 1 fully saturated rings. The summed E-state index contributed by atoms with van der Waals surface area (Å²) in [5, 5.41) is 14.4. The van der Waals surface area contributed by atoms with Crippen LogP contribution in [0.5, 0.6) is 0 Å². The molecule has 1 saturated carbocycles. The minimum absolute atomic E-state index is 0.187. The van der Waals surface area contributed by atoms with Crippen molar-refractivity contribution in [2.45, 2.75) is 70.8 Å². The molecule has 4 aliphatic rings. The van der Waals surface area contributed by atoms with Crippen LogP contribution in [0.3, 0.4) is 0 Å². The highest BCUT2D eigenvalue weighted by molar-refractivity contribution is 5.42. The van der Waals surface area contributed by atoms with Crippen LogP contribution >= 0.6 is 0 Å². The first kappa shape index (κ1) is 17.9. The molecule has 134 valence electrons. The minimum Gasteiger partial charge on any atom is -0.385 e. The van der Waals surface area contributed by atoms with Crippen molar-refractivity contribution in [2.75, 3.05) is 14.1 Å². The number of rotatable bonds is 0. The molecule has 0 saturated heterocycles. The summed E-state index contributed by atoms with van der Waals surface area (Å²) in [4.78, 5) is 0. The second kappa shape index (κ2) is 6.80. The van der Waals surface area contributed by atoms with Crippen LogP contribution in [0.25, 0.3) is 0 Å². The molecule has 2 N–H and O–H groups in total. The summed E-state index contributed by atoms with van der Waals surface area (Å²) in [6, 6.07) is 0. The predicted octanol–water partition coefficient (Wildman–Crippen LogP) is 4.77. The van der Waals surface area contributed by atoms with Crippen molar-refractivity contribution < 1.29 is 5.11 Å². The summed E-state index contributed by atoms with van der Waals surface area (Å²) in [6.45, 7) is 4.63. The molecule has 4 atom stereocenters. The molecule has 0 aromatic carbocycles. The van der Waals surface area contributed by atoms with Crippen molar-refractivity contribution in [1.82, 2.24) is 5.32 Å². The third kappa shape index (κ3) is 2.82. The van der Waals surface area contributed by atoms with Gasteiger partial charge in [0.25, 0.3) is 0 Å². The summed E-state index contributed by atoms with van der Waals surface area (Å²) in [5.41, 5.74) is 3.99. The van der Waals surface area contributed by atoms with Gasteiger partial charge in [-0.2, -0.15) is 0 Å². The average Bonchev–Trinajstić information content (AvgIpc) is 2.78. The first-order chi connectivity index (χ1) is 11.5. The van der Waals surface area contributed by atoms with E-state index in [0.29, 0.717) is 5.92 Å². The van der Waals surface area contributed by atoms with Gasteiger partial charge in [0, 0.05) is 5.92 Å². The molecular formula is C22H35NO. The number of hydrogen-bond donors (Lipinski definition) is 2. The van der Waals surface area contributed by atoms with Gasteiger partial charge in [-0.15, -0.1) is 0 Å². The third-order valence-electron chi connectivity index (χ3n) is 7.16. The van der Waals surface area contributed by atoms with E-state index in [0.717, 1.165) is 25.2 Å². The van der Waals surface area contributed by atoms with Gasteiger partial charge in [-0.25, -0.2) is 0 Å². The summed E-state index contributed by atoms with van der Waals surface area (Å²) in [7, 11) is 3.75. The number of aliphatic hydroxyl groups is 1. The lowest BCUT2D eigenvalue weighted by atomic mass is 9.59. The van der Waals surface area contributed by atoms with Crippen molar-refractivity contribution in [2.24, 2.45) is 17.3 Å². The van der Waals surface area contributed by atoms with E-state index in [1.807, 2.05) is 14.1 Å². The highest BCUT2D eigenvalue weighted by Crippen LogP contribution is 2.58. The molecule has 0 bridgehead atoms. The normalized spacial score (nSPS) is 40.6. The Balaban J connectivity index is 0.000000526. The van der Waals surface area contributed by atoms with Crippen molar-refractivity contribution in [3.05, 3.63) is 34.9 Å². The quantitative estimate of drug-likeness (QED) is 0.628. The third-order valence-corrected chi connectivity index (χ3v) is 7.16. The largest absolute Gasteiger partial charge is 0.385 e. The van der Waals surface area contributed by atoms with Crippen LogP contribution in [0.15, 0.2) is 34.9 Å². The topological polar surface area (TPSA) is 32.3 Å². The molecular weight excluding hydrogens is 294 g/mol. The van der Waals surface area contributed by atoms with Gasteiger partial charge in [-0.1, -0.05) is 42.7 Å². The molecule has 0 heterocycles. The second-order valence-electron chi connectivity index (χ2n) is 8.58. The van der Waals surface area contributed by atoms with Gasteiger partial charge in [0.1, 0.15) is 0 Å². The Labute approximate surface area is 148 Å². The number of allylic oxidation sites excluding steroid dienone is 4. The number of hydrogen-bond acceptors (Lipinski definition) is 2. The Morgan fingerprint density at radius 2 is 1.92 bits per heavy atom. The zero-order valence-electron chi connectivity index (χ0n) is 16.0. The molecule has 3 unspecified atom stereocenters. The number of fused-ring (bicyclic) bond motifs is 4. The lowest BCUT2D eigenvalue weighted by molar-refractivity contribution is -0.0377. The maximum absolute atomic E-state index is 11.6. The molecule has 0 amide bonds. The van der Waals surface area contributed by atoms with Gasteiger partial charge < -0.3 is 10.4 Å². The maximum Gasteiger partial charge on any atom is 0.0933 e. The van der Waals surface area contributed by atoms with E-state index in [2.05, 4.69) is 37.4 Å². The highest BCUT2D eigenvalue weighted by Gasteiger charge is 2.54. The Hall–Kier alpha value is -0.860. The van der Waals surface area contributed by atoms with Crippen LogP contribution in [0, 0.1) is 17.3 Å². The Morgan fingerprint density at radius 3 is 2.67 bits per heavy atom. The fraction of sp³-hybridized carbons (Fsp3) is 0.727. The van der Waals surface area contributed by atoms with Crippen LogP contribution in [0.2, 0.25) is 0 Å². The van der Waals surface area contributed by atoms with E-state index in [-0.39, 0.29) is 5.41 Å². The summed E-state index contributed by atoms with van der Waals surface area (Å²) in [6.07, 6.45) is 16.8. The molecule has 4 rings (SSSR count). The standard InChI is InChI=1S/C20H28O.C2H7N/c1-14-7-8-18-19(14,2)11-10-17-13-16-6-4-3-5-15(16)9-12-20(17,18)21;1-3-2/h7,10,13,15,18,21H,3-6,8-9,11-12H2,1-2H3;3H,1-2H3/t15?,18?,19?,20-;/m1./s1. The van der Waals surface area contributed by atoms with Gasteiger partial charge in [0.2, 0.25) is 0 Å². The summed E-state index contributed by atoms with van der Waals surface area (Å²) < 4.78 is 0. The van der Waals surface area contributed by atoms with Gasteiger partial charge in [0.15, 0.2) is 0 Å². The SMILES string of the molecule is CC1=CCC2C1(C)CC=C1C=C3CCCCC3CC[C@@]12O.CNC. The summed E-state index contributed by atoms with van der Waals surface area (Å²) in [5.74, 6) is 1.14. The van der Waals surface area contributed by atoms with E-state index in [1.165, 1.54) is 43.3 Å². The fourth-order valence-corrected chi connectivity index (χ4v) is 5.51. The monoisotopic (exact) mass is 329 g/mol. The maximum atomic E-state index is 11.6. The van der Waals surface area contributed by atoms with Crippen molar-refractivity contribution in [3.63, 3.8) is 0 Å². The van der Waals surface area contributed by atoms with Gasteiger partial charge >= 0.3 is 0 Å². The van der Waals surface area contributed by atoms with Crippen molar-refractivity contribution >= 4 is 0 Å². The van der Waals surface area contributed by atoms with E-state index in [1.54, 1.807) is 5.57 Å². The van der Waals surface area contributed by atoms with Crippen LogP contribution in [-0.4, -0.2) is 24.8 Å². The fourth-order valence-electron chi connectivity index (χ4n) is 5.51. The Morgan fingerprint density at radius 1 is 1.17 bits per heavy atom. The lowest BCUT2D eigenvalue weighted by Crippen LogP contribution is -2.48. The van der Waals surface area contributed by atoms with Crippen LogP contribution in [0.1, 0.15) is 65.2 Å². The zero-order valence-corrected chi connectivity index (χ0v) is 16.0. The van der Waals surface area contributed by atoms with Gasteiger partial charge in [-0.3, -0.25) is 0 Å². The molecule has 24 heavy (non-hydrogen) atoms. The summed E-state index contributed by atoms with van der Waals surface area (Å²) >= 11 is 0. The first-order valence-corrected chi connectivity index (χ1v) is 9.85. The smallest absolute Gasteiger partial charge is 0.0933 e. The first-order valence-electron chi connectivity index (χ1n) is 9.85. The molecule has 0 aliphatic heterocycles. The van der Waals surface area contributed by atoms with Crippen LogP contribution in [-0.2, 0) is 0 Å². The Kier molecular flexibility index (Phi) is 5.09. The van der Waals surface area contributed by atoms with Gasteiger partial charge in [-0.05, 0) is 82.9 Å². The molecule has 0 radical (unpaired) electrons. The van der Waals surface area contributed by atoms with E-state index < -0.39 is 5.60 Å². The highest BCUT2D eigenvalue weighted by atomic mass is 16.3. The van der Waals surface area contributed by atoms with Gasteiger partial charge in [0.05, 0.1) is 5.60 Å². The Bertz CT molecular complexity index is 573. The van der Waals surface area contributed by atoms with E-state index in [9.17, 15) is 5.11 Å². The van der Waals surface area contributed by atoms with Crippen LogP contribution < -0.4 is 5.32 Å². The lowest BCUT2D eigenvalue weighted by Gasteiger charge is -2.48. The van der Waals surface area contributed by atoms with Crippen molar-refractivity contribution in [3.8, 4) is 0 Å². The average molecular weight is 330 g/mol. The van der Waals surface area contributed by atoms with E-state index >= 15 is 0 Å². The number of nitrogens with one attached hydrogen (secondary N) is 1. The minimum atomic E-state index is -0.578.